The summed E-state index contributed by atoms with van der Waals surface area (Å²) < 4.78 is 5.65. The summed E-state index contributed by atoms with van der Waals surface area (Å²) in [6.07, 6.45) is 10.3. The van der Waals surface area contributed by atoms with Crippen LogP contribution in [0.15, 0.2) is 53.4 Å². The molecule has 0 aliphatic heterocycles. The van der Waals surface area contributed by atoms with Gasteiger partial charge in [-0.2, -0.15) is 0 Å². The Hall–Kier alpha value is -2.92. The molecule has 1 unspecified atom stereocenters. The van der Waals surface area contributed by atoms with Crippen molar-refractivity contribution in [2.24, 2.45) is 0 Å². The first-order valence-corrected chi connectivity index (χ1v) is 10.6. The van der Waals surface area contributed by atoms with Crippen molar-refractivity contribution in [2.75, 3.05) is 7.11 Å². The topological polar surface area (TPSA) is 71.2 Å². The maximum Gasteiger partial charge on any atom is 0.256 e. The van der Waals surface area contributed by atoms with E-state index in [1.807, 2.05) is 55.5 Å². The molecule has 2 aliphatic rings. The van der Waals surface area contributed by atoms with Gasteiger partial charge in [-0.15, -0.1) is 0 Å². The molecule has 0 fully saturated rings. The molecule has 1 atom stereocenters. The van der Waals surface area contributed by atoms with Crippen LogP contribution in [-0.2, 0) is 28.9 Å². The quantitative estimate of drug-likeness (QED) is 0.800. The van der Waals surface area contributed by atoms with Gasteiger partial charge in [-0.25, -0.2) is 0 Å². The van der Waals surface area contributed by atoms with Gasteiger partial charge in [0.2, 0.25) is 0 Å². The molecule has 4 rings (SSSR count). The van der Waals surface area contributed by atoms with Crippen LogP contribution in [0, 0.1) is 6.92 Å². The molecular formula is C25H28N2O3. The first-order valence-electron chi connectivity index (χ1n) is 10.6. The number of nitrogens with one attached hydrogen (secondary N) is 2. The largest absolute Gasteiger partial charge is 0.364 e. The van der Waals surface area contributed by atoms with Gasteiger partial charge in [-0.1, -0.05) is 42.5 Å². The SMILES string of the molecule is COC1(C(=O)NCc2c3c(c(C)[nH]c2=O)CCCC3)C=CC(c2ccccc2)=CC1. The second-order valence-corrected chi connectivity index (χ2v) is 8.06. The molecule has 0 bridgehead atoms. The molecule has 30 heavy (non-hydrogen) atoms. The molecule has 2 aromatic rings. The summed E-state index contributed by atoms with van der Waals surface area (Å²) in [4.78, 5) is 28.6. The Morgan fingerprint density at radius 3 is 2.57 bits per heavy atom. The normalized spacial score (nSPS) is 20.4. The Balaban J connectivity index is 1.51. The molecular weight excluding hydrogens is 376 g/mol. The van der Waals surface area contributed by atoms with Gasteiger partial charge >= 0.3 is 0 Å². The highest BCUT2D eigenvalue weighted by Crippen LogP contribution is 2.30. The van der Waals surface area contributed by atoms with Crippen LogP contribution in [0.2, 0.25) is 0 Å². The molecule has 5 nitrogen and oxygen atoms in total. The third-order valence-electron chi connectivity index (χ3n) is 6.30. The van der Waals surface area contributed by atoms with Crippen molar-refractivity contribution in [1.29, 1.82) is 0 Å². The summed E-state index contributed by atoms with van der Waals surface area (Å²) in [6, 6.07) is 10.1. The van der Waals surface area contributed by atoms with Gasteiger partial charge in [-0.05, 0) is 60.9 Å². The van der Waals surface area contributed by atoms with Crippen LogP contribution in [-0.4, -0.2) is 23.6 Å². The predicted octanol–water partition coefficient (Wildman–Crippen LogP) is 3.61. The maximum absolute atomic E-state index is 13.1. The van der Waals surface area contributed by atoms with E-state index in [1.165, 1.54) is 5.56 Å². The summed E-state index contributed by atoms with van der Waals surface area (Å²) in [7, 11) is 1.55. The molecule has 5 heteroatoms. The molecule has 2 N–H and O–H groups in total. The fourth-order valence-electron chi connectivity index (χ4n) is 4.49. The molecule has 1 aromatic carbocycles. The van der Waals surface area contributed by atoms with Crippen molar-refractivity contribution in [1.82, 2.24) is 10.3 Å². The van der Waals surface area contributed by atoms with Crippen molar-refractivity contribution in [2.45, 2.75) is 51.2 Å². The lowest BCUT2D eigenvalue weighted by Gasteiger charge is -2.30. The lowest BCUT2D eigenvalue weighted by molar-refractivity contribution is -0.138. The Kier molecular flexibility index (Phi) is 5.73. The lowest BCUT2D eigenvalue weighted by Crippen LogP contribution is -2.47. The molecule has 156 valence electrons. The lowest BCUT2D eigenvalue weighted by atomic mass is 9.87. The van der Waals surface area contributed by atoms with Crippen LogP contribution in [0.5, 0.6) is 0 Å². The van der Waals surface area contributed by atoms with E-state index >= 15 is 0 Å². The van der Waals surface area contributed by atoms with Gasteiger partial charge in [0.25, 0.3) is 11.5 Å². The Bertz CT molecular complexity index is 1070. The van der Waals surface area contributed by atoms with E-state index in [1.54, 1.807) is 7.11 Å². The number of amides is 1. The van der Waals surface area contributed by atoms with E-state index in [-0.39, 0.29) is 18.0 Å². The van der Waals surface area contributed by atoms with Gasteiger partial charge in [-0.3, -0.25) is 9.59 Å². The number of rotatable bonds is 5. The van der Waals surface area contributed by atoms with E-state index in [0.29, 0.717) is 12.0 Å². The second-order valence-electron chi connectivity index (χ2n) is 8.06. The van der Waals surface area contributed by atoms with Crippen molar-refractivity contribution in [3.63, 3.8) is 0 Å². The van der Waals surface area contributed by atoms with Crippen LogP contribution in [0.4, 0.5) is 0 Å². The van der Waals surface area contributed by atoms with Gasteiger partial charge in [0.15, 0.2) is 5.60 Å². The number of hydrogen-bond acceptors (Lipinski definition) is 3. The number of aryl methyl sites for hydroxylation is 1. The minimum absolute atomic E-state index is 0.106. The zero-order chi connectivity index (χ0) is 21.1. The van der Waals surface area contributed by atoms with Crippen LogP contribution >= 0.6 is 0 Å². The highest BCUT2D eigenvalue weighted by Gasteiger charge is 2.37. The van der Waals surface area contributed by atoms with Gasteiger partial charge in [0, 0.05) is 31.3 Å². The Morgan fingerprint density at radius 2 is 1.90 bits per heavy atom. The molecule has 2 aliphatic carbocycles. The van der Waals surface area contributed by atoms with Crippen molar-refractivity contribution in [3.8, 4) is 0 Å². The zero-order valence-electron chi connectivity index (χ0n) is 17.6. The molecule has 1 aromatic heterocycles. The smallest absolute Gasteiger partial charge is 0.256 e. The van der Waals surface area contributed by atoms with Gasteiger partial charge in [0.1, 0.15) is 0 Å². The number of benzene rings is 1. The van der Waals surface area contributed by atoms with E-state index in [4.69, 9.17) is 4.74 Å². The summed E-state index contributed by atoms with van der Waals surface area (Å²) in [5, 5.41) is 2.96. The number of aromatic amines is 1. The van der Waals surface area contributed by atoms with E-state index in [9.17, 15) is 9.59 Å². The van der Waals surface area contributed by atoms with Crippen LogP contribution in [0.25, 0.3) is 5.57 Å². The number of ether oxygens (including phenoxy) is 1. The Morgan fingerprint density at radius 1 is 1.17 bits per heavy atom. The number of hydrogen-bond donors (Lipinski definition) is 2. The summed E-state index contributed by atoms with van der Waals surface area (Å²) in [5.74, 6) is -0.228. The number of aromatic nitrogens is 1. The number of carbonyl (C=O) groups is 1. The standard InChI is InChI=1S/C25H28N2O3/c1-17-20-10-6-7-11-21(20)22(23(28)27-17)16-26-24(29)25(30-2)14-12-19(13-15-25)18-8-4-3-5-9-18/h3-5,8-9,12-14H,6-7,10-11,15-16H2,1-2H3,(H,26,29)(H,27,28). The van der Waals surface area contributed by atoms with Gasteiger partial charge < -0.3 is 15.0 Å². The molecule has 0 radical (unpaired) electrons. The highest BCUT2D eigenvalue weighted by molar-refractivity contribution is 5.90. The van der Waals surface area contributed by atoms with Crippen molar-refractivity contribution < 1.29 is 9.53 Å². The van der Waals surface area contributed by atoms with Crippen LogP contribution in [0.3, 0.4) is 0 Å². The van der Waals surface area contributed by atoms with E-state index in [0.717, 1.165) is 48.1 Å². The summed E-state index contributed by atoms with van der Waals surface area (Å²) in [6.45, 7) is 2.17. The predicted molar refractivity (Wildman–Crippen MR) is 118 cm³/mol. The summed E-state index contributed by atoms with van der Waals surface area (Å²) in [5.41, 5.74) is 4.99. The molecule has 0 saturated carbocycles. The fraction of sp³-hybridized carbons (Fsp3) is 0.360. The average Bonchev–Trinajstić information content (AvgIpc) is 2.79. The fourth-order valence-corrected chi connectivity index (χ4v) is 4.49. The summed E-state index contributed by atoms with van der Waals surface area (Å²) >= 11 is 0. The third kappa shape index (κ3) is 3.77. The van der Waals surface area contributed by atoms with Crippen LogP contribution in [0.1, 0.15) is 47.2 Å². The number of H-pyrrole nitrogens is 1. The highest BCUT2D eigenvalue weighted by atomic mass is 16.5. The monoisotopic (exact) mass is 404 g/mol. The molecule has 1 heterocycles. The molecule has 0 saturated heterocycles. The second kappa shape index (κ2) is 8.44. The van der Waals surface area contributed by atoms with Crippen LogP contribution < -0.4 is 10.9 Å². The van der Waals surface area contributed by atoms with Crippen molar-refractivity contribution in [3.05, 3.63) is 86.9 Å². The third-order valence-corrected chi connectivity index (χ3v) is 6.30. The first kappa shape index (κ1) is 20.4. The minimum atomic E-state index is -1.06. The molecule has 1 amide bonds. The van der Waals surface area contributed by atoms with Crippen molar-refractivity contribution >= 4 is 11.5 Å². The van der Waals surface area contributed by atoms with E-state index in [2.05, 4.69) is 10.3 Å². The number of methoxy groups -OCH3 is 1. The average molecular weight is 405 g/mol. The number of carbonyl (C=O) groups excluding carboxylic acids is 1. The Labute approximate surface area is 176 Å². The minimum Gasteiger partial charge on any atom is -0.364 e. The number of pyridine rings is 1. The zero-order valence-corrected chi connectivity index (χ0v) is 17.6. The van der Waals surface area contributed by atoms with Gasteiger partial charge in [0.05, 0.1) is 0 Å². The van der Waals surface area contributed by atoms with E-state index < -0.39 is 5.60 Å². The number of fused-ring (bicyclic) bond motifs is 1. The number of allylic oxidation sites excluding steroid dienone is 2. The first-order chi connectivity index (χ1) is 14.5. The maximum atomic E-state index is 13.1. The molecule has 0 spiro atoms.